The molecule has 0 fully saturated rings. The third-order valence-electron chi connectivity index (χ3n) is 3.22. The fourth-order valence-corrected chi connectivity index (χ4v) is 1.85. The maximum atomic E-state index is 12.1. The molecule has 2 rings (SSSR count). The second-order valence-corrected chi connectivity index (χ2v) is 5.89. The maximum absolute atomic E-state index is 12.1. The van der Waals surface area contributed by atoms with E-state index in [1.165, 1.54) is 5.56 Å². The summed E-state index contributed by atoms with van der Waals surface area (Å²) in [7, 11) is 0. The summed E-state index contributed by atoms with van der Waals surface area (Å²) in [6.07, 6.45) is 0. The molecular weight excluding hydrogens is 252 g/mol. The lowest BCUT2D eigenvalue weighted by Crippen LogP contribution is -2.15. The monoisotopic (exact) mass is 272 g/mol. The van der Waals surface area contributed by atoms with Gasteiger partial charge in [-0.15, -0.1) is 0 Å². The normalized spacial score (nSPS) is 11.4. The van der Waals surface area contributed by atoms with Crippen molar-refractivity contribution in [1.29, 1.82) is 0 Å². The average Bonchev–Trinajstić information content (AvgIpc) is 2.69. The van der Waals surface area contributed by atoms with Crippen LogP contribution in [-0.4, -0.2) is 16.1 Å². The molecule has 0 bridgehead atoms. The molecule has 0 unspecified atom stereocenters. The van der Waals surface area contributed by atoms with Gasteiger partial charge in [0.1, 0.15) is 0 Å². The highest BCUT2D eigenvalue weighted by atomic mass is 16.2. The molecule has 0 aliphatic rings. The van der Waals surface area contributed by atoms with Crippen molar-refractivity contribution in [1.82, 2.24) is 10.2 Å². The highest BCUT2D eigenvalue weighted by molar-refractivity contribution is 6.06. The Balaban J connectivity index is 2.15. The van der Waals surface area contributed by atoms with Crippen LogP contribution in [0.25, 0.3) is 0 Å². The number of aromatic nitrogens is 2. The number of aryl methyl sites for hydroxylation is 1. The summed E-state index contributed by atoms with van der Waals surface area (Å²) < 4.78 is 0. The zero-order valence-corrected chi connectivity index (χ0v) is 12.2. The standard InChI is InChI=1S/C15H20N4O/c1-9-12(16)13(19-18-9)14(20)17-11-7-5-10(6-8-11)15(2,3)4/h5-8H,16H2,1-4H3,(H,17,20)(H,18,19). The van der Waals surface area contributed by atoms with Gasteiger partial charge >= 0.3 is 0 Å². The van der Waals surface area contributed by atoms with Gasteiger partial charge in [0.05, 0.1) is 11.4 Å². The quantitative estimate of drug-likeness (QED) is 0.786. The number of hydrogen-bond donors (Lipinski definition) is 3. The van der Waals surface area contributed by atoms with Crippen molar-refractivity contribution in [2.45, 2.75) is 33.1 Å². The first-order valence-electron chi connectivity index (χ1n) is 6.51. The first-order chi connectivity index (χ1) is 9.29. The van der Waals surface area contributed by atoms with E-state index in [4.69, 9.17) is 5.73 Å². The van der Waals surface area contributed by atoms with Gasteiger partial charge in [-0.25, -0.2) is 0 Å². The number of aromatic amines is 1. The van der Waals surface area contributed by atoms with Crippen molar-refractivity contribution < 1.29 is 4.79 Å². The molecule has 0 aliphatic heterocycles. The van der Waals surface area contributed by atoms with Crippen LogP contribution in [0.3, 0.4) is 0 Å². The maximum Gasteiger partial charge on any atom is 0.278 e. The number of anilines is 2. The molecule has 0 radical (unpaired) electrons. The van der Waals surface area contributed by atoms with E-state index in [1.807, 2.05) is 24.3 Å². The number of nitrogens with two attached hydrogens (primary N) is 1. The summed E-state index contributed by atoms with van der Waals surface area (Å²) in [5.74, 6) is -0.310. The van der Waals surface area contributed by atoms with E-state index in [0.29, 0.717) is 11.4 Å². The Hall–Kier alpha value is -2.30. The zero-order chi connectivity index (χ0) is 14.9. The fourth-order valence-electron chi connectivity index (χ4n) is 1.85. The summed E-state index contributed by atoms with van der Waals surface area (Å²) in [4.78, 5) is 12.1. The third kappa shape index (κ3) is 2.82. The number of nitrogen functional groups attached to an aromatic ring is 1. The lowest BCUT2D eigenvalue weighted by molar-refractivity contribution is 0.102. The van der Waals surface area contributed by atoms with Crippen LogP contribution in [0.15, 0.2) is 24.3 Å². The van der Waals surface area contributed by atoms with Crippen LogP contribution in [0.5, 0.6) is 0 Å². The van der Waals surface area contributed by atoms with Gasteiger partial charge in [-0.1, -0.05) is 32.9 Å². The number of carbonyl (C=O) groups is 1. The van der Waals surface area contributed by atoms with Gasteiger partial charge in [-0.3, -0.25) is 9.89 Å². The van der Waals surface area contributed by atoms with Crippen molar-refractivity contribution >= 4 is 17.3 Å². The number of H-pyrrole nitrogens is 1. The smallest absolute Gasteiger partial charge is 0.278 e. The summed E-state index contributed by atoms with van der Waals surface area (Å²) in [5.41, 5.74) is 9.11. The molecule has 2 aromatic rings. The van der Waals surface area contributed by atoms with Gasteiger partial charge in [-0.05, 0) is 30.0 Å². The molecule has 5 heteroatoms. The average molecular weight is 272 g/mol. The Morgan fingerprint density at radius 3 is 2.30 bits per heavy atom. The number of amides is 1. The molecule has 5 nitrogen and oxygen atoms in total. The van der Waals surface area contributed by atoms with Crippen molar-refractivity contribution in [3.8, 4) is 0 Å². The van der Waals surface area contributed by atoms with Crippen molar-refractivity contribution in [3.63, 3.8) is 0 Å². The topological polar surface area (TPSA) is 83.8 Å². The number of nitrogens with one attached hydrogen (secondary N) is 2. The number of rotatable bonds is 2. The van der Waals surface area contributed by atoms with Crippen molar-refractivity contribution in [2.24, 2.45) is 0 Å². The van der Waals surface area contributed by atoms with Gasteiger partial charge in [0.15, 0.2) is 5.69 Å². The molecule has 106 valence electrons. The number of hydrogen-bond acceptors (Lipinski definition) is 3. The van der Waals surface area contributed by atoms with E-state index in [9.17, 15) is 4.79 Å². The SMILES string of the molecule is Cc1[nH]nc(C(=O)Nc2ccc(C(C)(C)C)cc2)c1N. The molecule has 0 saturated heterocycles. The lowest BCUT2D eigenvalue weighted by atomic mass is 9.87. The van der Waals surface area contributed by atoms with E-state index < -0.39 is 0 Å². The first kappa shape index (κ1) is 14.1. The van der Waals surface area contributed by atoms with Gasteiger partial charge in [-0.2, -0.15) is 5.10 Å². The molecule has 0 aliphatic carbocycles. The van der Waals surface area contributed by atoms with Gasteiger partial charge in [0, 0.05) is 5.69 Å². The summed E-state index contributed by atoms with van der Waals surface area (Å²) in [6.45, 7) is 8.21. The Kier molecular flexibility index (Phi) is 3.53. The number of carbonyl (C=O) groups excluding carboxylic acids is 1. The van der Waals surface area contributed by atoms with Crippen LogP contribution in [0.2, 0.25) is 0 Å². The Labute approximate surface area is 118 Å². The molecule has 0 saturated carbocycles. The molecule has 1 aromatic heterocycles. The predicted molar refractivity (Wildman–Crippen MR) is 80.8 cm³/mol. The summed E-state index contributed by atoms with van der Waals surface area (Å²) >= 11 is 0. The predicted octanol–water partition coefficient (Wildman–Crippen LogP) is 2.85. The second kappa shape index (κ2) is 5.00. The molecule has 4 N–H and O–H groups in total. The van der Waals surface area contributed by atoms with Crippen LogP contribution in [0.4, 0.5) is 11.4 Å². The summed E-state index contributed by atoms with van der Waals surface area (Å²) in [6, 6.07) is 7.78. The van der Waals surface area contributed by atoms with Gasteiger partial charge < -0.3 is 11.1 Å². The number of nitrogens with zero attached hydrogens (tertiary/aromatic N) is 1. The van der Waals surface area contributed by atoms with E-state index in [-0.39, 0.29) is 17.0 Å². The van der Waals surface area contributed by atoms with E-state index in [2.05, 4.69) is 36.3 Å². The van der Waals surface area contributed by atoms with E-state index in [0.717, 1.165) is 5.69 Å². The van der Waals surface area contributed by atoms with Crippen LogP contribution in [0.1, 0.15) is 42.5 Å². The van der Waals surface area contributed by atoms with E-state index in [1.54, 1.807) is 6.92 Å². The minimum atomic E-state index is -0.310. The Morgan fingerprint density at radius 1 is 1.25 bits per heavy atom. The summed E-state index contributed by atoms with van der Waals surface area (Å²) in [5, 5.41) is 9.39. The Morgan fingerprint density at radius 2 is 1.85 bits per heavy atom. The molecular formula is C15H20N4O. The van der Waals surface area contributed by atoms with Gasteiger partial charge in [0.25, 0.3) is 5.91 Å². The molecule has 1 amide bonds. The largest absolute Gasteiger partial charge is 0.395 e. The lowest BCUT2D eigenvalue weighted by Gasteiger charge is -2.19. The Bertz CT molecular complexity index is 620. The van der Waals surface area contributed by atoms with Crippen molar-refractivity contribution in [2.75, 3.05) is 11.1 Å². The van der Waals surface area contributed by atoms with Crippen LogP contribution < -0.4 is 11.1 Å². The minimum absolute atomic E-state index is 0.0896. The van der Waals surface area contributed by atoms with E-state index >= 15 is 0 Å². The van der Waals surface area contributed by atoms with Crippen LogP contribution >= 0.6 is 0 Å². The number of benzene rings is 1. The highest BCUT2D eigenvalue weighted by Crippen LogP contribution is 2.24. The first-order valence-corrected chi connectivity index (χ1v) is 6.51. The molecule has 0 spiro atoms. The van der Waals surface area contributed by atoms with Crippen LogP contribution in [-0.2, 0) is 5.41 Å². The second-order valence-electron chi connectivity index (χ2n) is 5.89. The molecule has 1 aromatic carbocycles. The molecule has 0 atom stereocenters. The fraction of sp³-hybridized carbons (Fsp3) is 0.333. The highest BCUT2D eigenvalue weighted by Gasteiger charge is 2.16. The van der Waals surface area contributed by atoms with Crippen molar-refractivity contribution in [3.05, 3.63) is 41.2 Å². The van der Waals surface area contributed by atoms with Crippen LogP contribution in [0, 0.1) is 6.92 Å². The van der Waals surface area contributed by atoms with Gasteiger partial charge in [0.2, 0.25) is 0 Å². The zero-order valence-electron chi connectivity index (χ0n) is 12.2. The third-order valence-corrected chi connectivity index (χ3v) is 3.22. The minimum Gasteiger partial charge on any atom is -0.395 e. The molecule has 20 heavy (non-hydrogen) atoms. The molecule has 1 heterocycles.